The van der Waals surface area contributed by atoms with Crippen molar-refractivity contribution in [1.29, 1.82) is 0 Å². The number of anilines is 1. The van der Waals surface area contributed by atoms with Gasteiger partial charge in [-0.3, -0.25) is 19.3 Å². The Morgan fingerprint density at radius 1 is 1.21 bits per heavy atom. The number of carbonyl (C=O) groups excluding carboxylic acids is 2. The molecule has 0 saturated carbocycles. The number of unbranched alkanes of at least 4 members (excludes halogenated alkanes) is 1. The number of aromatic nitrogens is 1. The molecule has 1 N–H and O–H groups in total. The minimum Gasteiger partial charge on any atom is -0.493 e. The van der Waals surface area contributed by atoms with Crippen LogP contribution in [0.2, 0.25) is 0 Å². The Kier molecular flexibility index (Phi) is 9.22. The highest BCUT2D eigenvalue weighted by Gasteiger charge is 2.47. The van der Waals surface area contributed by atoms with Crippen molar-refractivity contribution < 1.29 is 28.8 Å². The van der Waals surface area contributed by atoms with E-state index in [4.69, 9.17) is 4.74 Å². The zero-order valence-corrected chi connectivity index (χ0v) is 23.5. The van der Waals surface area contributed by atoms with Crippen molar-refractivity contribution in [3.63, 3.8) is 0 Å². The van der Waals surface area contributed by atoms with Gasteiger partial charge >= 0.3 is 5.97 Å². The summed E-state index contributed by atoms with van der Waals surface area (Å²) in [6.45, 7) is 5.84. The number of rotatable bonds is 11. The maximum Gasteiger partial charge on any atom is 0.308 e. The standard InChI is InChI=1S/C30H40N4O5/c1-5-6-14-34(24-8-7-13-31(3)18-24)28(36)20-33-19-25(22-9-10-27-23(17-22)12-16-39-27)29(30(37)38)26(33)11-15-32(4)21(2)35/h7-10,13,17-18,25-26,29H,5-6,11-12,14-16,19-20H2,1-4H3/p+1/t25-,26+,29?/m1/s1. The summed E-state index contributed by atoms with van der Waals surface area (Å²) in [4.78, 5) is 43.9. The number of carboxylic acids is 1. The molecule has 4 rings (SSSR count). The van der Waals surface area contributed by atoms with Crippen LogP contribution in [0.25, 0.3) is 0 Å². The highest BCUT2D eigenvalue weighted by Crippen LogP contribution is 2.41. The van der Waals surface area contributed by atoms with E-state index in [1.165, 1.54) is 6.92 Å². The first-order valence-electron chi connectivity index (χ1n) is 13.9. The van der Waals surface area contributed by atoms with Gasteiger partial charge in [0, 0.05) is 58.1 Å². The lowest BCUT2D eigenvalue weighted by Crippen LogP contribution is -2.46. The molecule has 1 saturated heterocycles. The number of ether oxygens (including phenoxy) is 1. The molecular weight excluding hydrogens is 496 g/mol. The fourth-order valence-corrected chi connectivity index (χ4v) is 5.82. The van der Waals surface area contributed by atoms with Gasteiger partial charge in [-0.25, -0.2) is 4.57 Å². The van der Waals surface area contributed by atoms with Crippen molar-refractivity contribution in [3.8, 4) is 5.75 Å². The summed E-state index contributed by atoms with van der Waals surface area (Å²) in [6, 6.07) is 9.45. The van der Waals surface area contributed by atoms with Gasteiger partial charge in [0.25, 0.3) is 0 Å². The molecule has 3 heterocycles. The van der Waals surface area contributed by atoms with E-state index in [1.54, 1.807) is 11.9 Å². The number of benzene rings is 1. The minimum absolute atomic E-state index is 0.0493. The molecule has 1 fully saturated rings. The molecule has 0 aliphatic carbocycles. The van der Waals surface area contributed by atoms with Crippen molar-refractivity contribution >= 4 is 23.5 Å². The van der Waals surface area contributed by atoms with Gasteiger partial charge in [0.2, 0.25) is 11.8 Å². The van der Waals surface area contributed by atoms with Crippen LogP contribution < -0.4 is 14.2 Å². The summed E-state index contributed by atoms with van der Waals surface area (Å²) in [5, 5.41) is 10.4. The molecule has 0 radical (unpaired) electrons. The van der Waals surface area contributed by atoms with Crippen LogP contribution in [0.1, 0.15) is 50.2 Å². The van der Waals surface area contributed by atoms with Crippen LogP contribution in [0.5, 0.6) is 5.75 Å². The molecule has 1 unspecified atom stereocenters. The summed E-state index contributed by atoms with van der Waals surface area (Å²) in [7, 11) is 3.65. The van der Waals surface area contributed by atoms with Gasteiger partial charge in [-0.1, -0.05) is 25.5 Å². The number of carbonyl (C=O) groups is 3. The van der Waals surface area contributed by atoms with Gasteiger partial charge in [-0.2, -0.15) is 0 Å². The van der Waals surface area contributed by atoms with E-state index in [0.717, 1.165) is 41.8 Å². The first-order valence-corrected chi connectivity index (χ1v) is 13.9. The molecule has 1 aromatic carbocycles. The summed E-state index contributed by atoms with van der Waals surface area (Å²) in [5.74, 6) is -1.10. The molecular formula is C30H41N4O5+. The highest BCUT2D eigenvalue weighted by atomic mass is 16.5. The highest BCUT2D eigenvalue weighted by molar-refractivity contribution is 5.94. The van der Waals surface area contributed by atoms with Crippen molar-refractivity contribution in [2.45, 2.75) is 51.5 Å². The largest absolute Gasteiger partial charge is 0.493 e. The summed E-state index contributed by atoms with van der Waals surface area (Å²) in [5.41, 5.74) is 2.89. The monoisotopic (exact) mass is 537 g/mol. The van der Waals surface area contributed by atoms with Crippen molar-refractivity contribution in [2.75, 3.05) is 44.7 Å². The van der Waals surface area contributed by atoms with Gasteiger partial charge in [0.1, 0.15) is 18.5 Å². The Labute approximate surface area is 231 Å². The number of likely N-dealkylation sites (tertiary alicyclic amines) is 1. The third-order valence-electron chi connectivity index (χ3n) is 8.08. The lowest BCUT2D eigenvalue weighted by Gasteiger charge is -2.30. The predicted molar refractivity (Wildman–Crippen MR) is 148 cm³/mol. The first-order chi connectivity index (χ1) is 18.7. The van der Waals surface area contributed by atoms with E-state index >= 15 is 0 Å². The number of hydrogen-bond acceptors (Lipinski definition) is 5. The molecule has 0 bridgehead atoms. The number of fused-ring (bicyclic) bond motifs is 1. The quantitative estimate of drug-likeness (QED) is 0.443. The van der Waals surface area contributed by atoms with Crippen LogP contribution in [0.4, 0.5) is 5.69 Å². The molecule has 0 spiro atoms. The van der Waals surface area contributed by atoms with E-state index in [9.17, 15) is 19.5 Å². The smallest absolute Gasteiger partial charge is 0.308 e. The second-order valence-electron chi connectivity index (χ2n) is 10.8. The number of amides is 2. The Morgan fingerprint density at radius 2 is 2.00 bits per heavy atom. The number of pyridine rings is 1. The van der Waals surface area contributed by atoms with E-state index in [-0.39, 0.29) is 30.3 Å². The average Bonchev–Trinajstić information content (AvgIpc) is 3.51. The van der Waals surface area contributed by atoms with Gasteiger partial charge in [0.05, 0.1) is 19.1 Å². The molecule has 210 valence electrons. The summed E-state index contributed by atoms with van der Waals surface area (Å²) < 4.78 is 7.59. The van der Waals surface area contributed by atoms with E-state index in [1.807, 2.05) is 58.1 Å². The van der Waals surface area contributed by atoms with Crippen LogP contribution in [0.3, 0.4) is 0 Å². The number of nitrogens with zero attached hydrogens (tertiary/aromatic N) is 4. The van der Waals surface area contributed by atoms with Crippen LogP contribution in [-0.2, 0) is 27.9 Å². The van der Waals surface area contributed by atoms with E-state index < -0.39 is 11.9 Å². The number of carboxylic acid groups (broad SMARTS) is 1. The molecule has 39 heavy (non-hydrogen) atoms. The van der Waals surface area contributed by atoms with Crippen molar-refractivity contribution in [2.24, 2.45) is 13.0 Å². The van der Waals surface area contributed by atoms with Gasteiger partial charge in [0.15, 0.2) is 12.4 Å². The Morgan fingerprint density at radius 3 is 2.69 bits per heavy atom. The fourth-order valence-electron chi connectivity index (χ4n) is 5.82. The Bertz CT molecular complexity index is 1200. The molecule has 1 aromatic heterocycles. The normalized spacial score (nSPS) is 20.4. The van der Waals surface area contributed by atoms with E-state index in [0.29, 0.717) is 32.7 Å². The zero-order valence-electron chi connectivity index (χ0n) is 23.5. The first kappa shape index (κ1) is 28.5. The molecule has 2 aromatic rings. The minimum atomic E-state index is -0.875. The predicted octanol–water partition coefficient (Wildman–Crippen LogP) is 2.62. The maximum absolute atomic E-state index is 13.8. The van der Waals surface area contributed by atoms with Crippen LogP contribution in [-0.4, -0.2) is 78.6 Å². The number of aliphatic carboxylic acids is 1. The molecule has 3 atom stereocenters. The number of hydrogen-bond donors (Lipinski definition) is 1. The molecule has 9 nitrogen and oxygen atoms in total. The summed E-state index contributed by atoms with van der Waals surface area (Å²) >= 11 is 0. The number of aryl methyl sites for hydroxylation is 1. The second-order valence-corrected chi connectivity index (χ2v) is 10.8. The molecule has 2 amide bonds. The fraction of sp³-hybridized carbons (Fsp3) is 0.533. The summed E-state index contributed by atoms with van der Waals surface area (Å²) in [6.07, 6.45) is 6.97. The van der Waals surface area contributed by atoms with Gasteiger partial charge < -0.3 is 19.6 Å². The third kappa shape index (κ3) is 6.58. The van der Waals surface area contributed by atoms with Crippen molar-refractivity contribution in [3.05, 3.63) is 53.9 Å². The van der Waals surface area contributed by atoms with E-state index in [2.05, 4.69) is 13.0 Å². The lowest BCUT2D eigenvalue weighted by atomic mass is 9.83. The second kappa shape index (κ2) is 12.6. The third-order valence-corrected chi connectivity index (χ3v) is 8.08. The topological polar surface area (TPSA) is 94.3 Å². The van der Waals surface area contributed by atoms with Crippen molar-refractivity contribution in [1.82, 2.24) is 9.80 Å². The Balaban J connectivity index is 1.63. The Hall–Kier alpha value is -3.46. The van der Waals surface area contributed by atoms with Gasteiger partial charge in [-0.15, -0.1) is 0 Å². The van der Waals surface area contributed by atoms with Crippen LogP contribution in [0, 0.1) is 5.92 Å². The molecule has 2 aliphatic heterocycles. The van der Waals surface area contributed by atoms with Crippen LogP contribution in [0.15, 0.2) is 42.7 Å². The molecule has 9 heteroatoms. The maximum atomic E-state index is 13.8. The van der Waals surface area contributed by atoms with Gasteiger partial charge in [-0.05, 0) is 36.1 Å². The molecule has 2 aliphatic rings. The zero-order chi connectivity index (χ0) is 28.1. The lowest BCUT2D eigenvalue weighted by molar-refractivity contribution is -0.670. The SMILES string of the molecule is CCCCN(C(=O)CN1C[C@H](c2ccc3c(c2)CCO3)C(C(=O)O)[C@@H]1CCN(C)C(C)=O)c1ccc[n+](C)c1. The van der Waals surface area contributed by atoms with Crippen LogP contribution >= 0.6 is 0 Å². The average molecular weight is 538 g/mol.